The highest BCUT2D eigenvalue weighted by Crippen LogP contribution is 2.31. The van der Waals surface area contributed by atoms with Gasteiger partial charge in [-0.25, -0.2) is 4.39 Å². The predicted octanol–water partition coefficient (Wildman–Crippen LogP) is 3.13. The molecular weight excluding hydrogens is 397 g/mol. The molecule has 9 heteroatoms. The Hall–Kier alpha value is -3.88. The van der Waals surface area contributed by atoms with Gasteiger partial charge in [0.1, 0.15) is 5.82 Å². The fourth-order valence-corrected chi connectivity index (χ4v) is 4.11. The van der Waals surface area contributed by atoms with Gasteiger partial charge in [0.25, 0.3) is 0 Å². The second-order valence-electron chi connectivity index (χ2n) is 7.59. The number of aromatic amines is 1. The maximum Gasteiger partial charge on any atom is 0.224 e. The third-order valence-corrected chi connectivity index (χ3v) is 5.50. The van der Waals surface area contributed by atoms with Crippen molar-refractivity contribution in [3.63, 3.8) is 0 Å². The SMILES string of the molecule is COc1cc(CN2CC(Nc3nc(N)nc4[nH]ncc34)Cc3ccccc32)ccc1F. The maximum absolute atomic E-state index is 13.8. The number of anilines is 3. The summed E-state index contributed by atoms with van der Waals surface area (Å²) in [5, 5.41) is 11.2. The Kier molecular flexibility index (Phi) is 4.78. The van der Waals surface area contributed by atoms with Gasteiger partial charge >= 0.3 is 0 Å². The second-order valence-corrected chi connectivity index (χ2v) is 7.59. The number of para-hydroxylation sites is 1. The minimum Gasteiger partial charge on any atom is -0.494 e. The molecule has 3 heterocycles. The Bertz CT molecular complexity index is 1240. The van der Waals surface area contributed by atoms with Gasteiger partial charge < -0.3 is 20.7 Å². The van der Waals surface area contributed by atoms with Gasteiger partial charge in [0.05, 0.1) is 18.7 Å². The van der Waals surface area contributed by atoms with Gasteiger partial charge in [-0.1, -0.05) is 24.3 Å². The van der Waals surface area contributed by atoms with Crippen LogP contribution in [0.5, 0.6) is 5.75 Å². The van der Waals surface area contributed by atoms with Gasteiger partial charge in [0.15, 0.2) is 17.2 Å². The number of nitrogen functional groups attached to an aromatic ring is 1. The first-order valence-electron chi connectivity index (χ1n) is 9.99. The maximum atomic E-state index is 13.8. The molecule has 4 aromatic rings. The fraction of sp³-hybridized carbons (Fsp3) is 0.227. The minimum absolute atomic E-state index is 0.0876. The number of nitrogens with one attached hydrogen (secondary N) is 2. The Balaban J connectivity index is 1.44. The van der Waals surface area contributed by atoms with Crippen molar-refractivity contribution in [3.05, 3.63) is 65.6 Å². The summed E-state index contributed by atoms with van der Waals surface area (Å²) in [7, 11) is 1.47. The van der Waals surface area contributed by atoms with E-state index < -0.39 is 0 Å². The molecule has 0 spiro atoms. The molecule has 0 saturated carbocycles. The first-order chi connectivity index (χ1) is 15.1. The molecule has 0 fully saturated rings. The van der Waals surface area contributed by atoms with E-state index >= 15 is 0 Å². The zero-order valence-electron chi connectivity index (χ0n) is 17.0. The van der Waals surface area contributed by atoms with Gasteiger partial charge in [-0.05, 0) is 35.7 Å². The highest BCUT2D eigenvalue weighted by atomic mass is 19.1. The van der Waals surface area contributed by atoms with E-state index in [1.165, 1.54) is 24.4 Å². The van der Waals surface area contributed by atoms with Crippen LogP contribution in [0.3, 0.4) is 0 Å². The van der Waals surface area contributed by atoms with Crippen LogP contribution in [-0.4, -0.2) is 39.9 Å². The van der Waals surface area contributed by atoms with Gasteiger partial charge in [0, 0.05) is 24.8 Å². The molecule has 0 aliphatic carbocycles. The van der Waals surface area contributed by atoms with Crippen LogP contribution in [0, 0.1) is 5.82 Å². The van der Waals surface area contributed by atoms with Crippen LogP contribution in [0.4, 0.5) is 21.8 Å². The average molecular weight is 419 g/mol. The zero-order valence-corrected chi connectivity index (χ0v) is 17.0. The molecule has 2 aromatic carbocycles. The molecular formula is C22H22FN7O. The quantitative estimate of drug-likeness (QED) is 0.456. The number of benzene rings is 2. The van der Waals surface area contributed by atoms with Crippen LogP contribution < -0.4 is 20.7 Å². The summed E-state index contributed by atoms with van der Waals surface area (Å²) in [5.41, 5.74) is 9.83. The molecule has 0 bridgehead atoms. The number of ether oxygens (including phenoxy) is 1. The molecule has 0 saturated heterocycles. The third-order valence-electron chi connectivity index (χ3n) is 5.50. The van der Waals surface area contributed by atoms with Crippen molar-refractivity contribution in [3.8, 4) is 5.75 Å². The van der Waals surface area contributed by atoms with Crippen molar-refractivity contribution in [2.45, 2.75) is 19.0 Å². The van der Waals surface area contributed by atoms with Crippen LogP contribution in [-0.2, 0) is 13.0 Å². The molecule has 31 heavy (non-hydrogen) atoms. The molecule has 158 valence electrons. The summed E-state index contributed by atoms with van der Waals surface area (Å²) in [6, 6.07) is 13.4. The van der Waals surface area contributed by atoms with Crippen LogP contribution in [0.25, 0.3) is 11.0 Å². The molecule has 4 N–H and O–H groups in total. The van der Waals surface area contributed by atoms with Gasteiger partial charge in [-0.15, -0.1) is 0 Å². The molecule has 0 radical (unpaired) electrons. The van der Waals surface area contributed by atoms with Crippen molar-refractivity contribution >= 4 is 28.5 Å². The number of aromatic nitrogens is 4. The van der Waals surface area contributed by atoms with E-state index in [0.717, 1.165) is 23.9 Å². The molecule has 5 rings (SSSR count). The lowest BCUT2D eigenvalue weighted by Gasteiger charge is -2.37. The molecule has 1 unspecified atom stereocenters. The second kappa shape index (κ2) is 7.75. The molecule has 2 aromatic heterocycles. The van der Waals surface area contributed by atoms with Crippen LogP contribution in [0.15, 0.2) is 48.7 Å². The summed E-state index contributed by atoms with van der Waals surface area (Å²) in [6.07, 6.45) is 2.53. The zero-order chi connectivity index (χ0) is 21.4. The molecule has 1 aliphatic heterocycles. The summed E-state index contributed by atoms with van der Waals surface area (Å²) >= 11 is 0. The van der Waals surface area contributed by atoms with Crippen molar-refractivity contribution < 1.29 is 9.13 Å². The highest BCUT2D eigenvalue weighted by molar-refractivity contribution is 5.87. The van der Waals surface area contributed by atoms with E-state index in [1.807, 2.05) is 12.1 Å². The van der Waals surface area contributed by atoms with E-state index in [4.69, 9.17) is 10.5 Å². The lowest BCUT2D eigenvalue weighted by molar-refractivity contribution is 0.386. The van der Waals surface area contributed by atoms with Gasteiger partial charge in [0.2, 0.25) is 5.95 Å². The Morgan fingerprint density at radius 1 is 1.26 bits per heavy atom. The van der Waals surface area contributed by atoms with E-state index in [-0.39, 0.29) is 23.6 Å². The number of halogens is 1. The lowest BCUT2D eigenvalue weighted by atomic mass is 9.97. The Labute approximate surface area is 178 Å². The topological polar surface area (TPSA) is 105 Å². The number of rotatable bonds is 5. The van der Waals surface area contributed by atoms with Crippen molar-refractivity contribution in [1.82, 2.24) is 20.2 Å². The monoisotopic (exact) mass is 419 g/mol. The van der Waals surface area contributed by atoms with Crippen molar-refractivity contribution in [2.75, 3.05) is 29.6 Å². The molecule has 1 atom stereocenters. The number of hydrogen-bond acceptors (Lipinski definition) is 7. The van der Waals surface area contributed by atoms with Crippen LogP contribution >= 0.6 is 0 Å². The largest absolute Gasteiger partial charge is 0.494 e. The van der Waals surface area contributed by atoms with Crippen LogP contribution in [0.1, 0.15) is 11.1 Å². The number of H-pyrrole nitrogens is 1. The van der Waals surface area contributed by atoms with E-state index in [0.29, 0.717) is 18.0 Å². The van der Waals surface area contributed by atoms with Crippen molar-refractivity contribution in [2.24, 2.45) is 0 Å². The standard InChI is InChI=1S/C22H22FN7O/c1-31-19-8-13(6-7-17(19)23)11-30-12-15(9-14-4-2-3-5-18(14)30)26-20-16-10-25-29-21(16)28-22(24)27-20/h2-8,10,15H,9,11-12H2,1H3,(H4,24,25,26,27,28,29). The smallest absolute Gasteiger partial charge is 0.224 e. The predicted molar refractivity (Wildman–Crippen MR) is 118 cm³/mol. The Morgan fingerprint density at radius 3 is 3.00 bits per heavy atom. The Morgan fingerprint density at radius 2 is 2.13 bits per heavy atom. The molecule has 8 nitrogen and oxygen atoms in total. The number of nitrogens with zero attached hydrogens (tertiary/aromatic N) is 4. The summed E-state index contributed by atoms with van der Waals surface area (Å²) in [4.78, 5) is 10.8. The summed E-state index contributed by atoms with van der Waals surface area (Å²) < 4.78 is 19.0. The van der Waals surface area contributed by atoms with Crippen molar-refractivity contribution in [1.29, 1.82) is 0 Å². The lowest BCUT2D eigenvalue weighted by Crippen LogP contribution is -2.42. The average Bonchev–Trinajstić information content (AvgIpc) is 3.24. The summed E-state index contributed by atoms with van der Waals surface area (Å²) in [6.45, 7) is 1.36. The molecule has 1 aliphatic rings. The van der Waals surface area contributed by atoms with Crippen LogP contribution in [0.2, 0.25) is 0 Å². The fourth-order valence-electron chi connectivity index (χ4n) is 4.11. The van der Waals surface area contributed by atoms with E-state index in [9.17, 15) is 4.39 Å². The van der Waals surface area contributed by atoms with E-state index in [1.54, 1.807) is 18.3 Å². The minimum atomic E-state index is -0.365. The highest BCUT2D eigenvalue weighted by Gasteiger charge is 2.25. The van der Waals surface area contributed by atoms with E-state index in [2.05, 4.69) is 42.5 Å². The number of methoxy groups -OCH3 is 1. The summed E-state index contributed by atoms with van der Waals surface area (Å²) in [5.74, 6) is 0.723. The normalized spacial score (nSPS) is 15.7. The first kappa shape index (κ1) is 19.1. The van der Waals surface area contributed by atoms with Gasteiger partial charge in [-0.2, -0.15) is 15.1 Å². The number of hydrogen-bond donors (Lipinski definition) is 3. The van der Waals surface area contributed by atoms with Gasteiger partial charge in [-0.3, -0.25) is 5.10 Å². The third kappa shape index (κ3) is 3.70. The molecule has 0 amide bonds. The first-order valence-corrected chi connectivity index (χ1v) is 9.99. The number of nitrogens with two attached hydrogens (primary N) is 1. The number of fused-ring (bicyclic) bond motifs is 2.